The third kappa shape index (κ3) is 5.95. The van der Waals surface area contributed by atoms with Gasteiger partial charge in [0.05, 0.1) is 13.0 Å². The highest BCUT2D eigenvalue weighted by Crippen LogP contribution is 2.21. The zero-order chi connectivity index (χ0) is 20.6. The number of piperidine rings is 2. The average Bonchev–Trinajstić information content (AvgIpc) is 2.75. The molecule has 1 atom stereocenters. The molecule has 0 bridgehead atoms. The van der Waals surface area contributed by atoms with Gasteiger partial charge in [-0.15, -0.1) is 0 Å². The Morgan fingerprint density at radius 2 is 1.90 bits per heavy atom. The molecular formula is C23H36N4O2. The van der Waals surface area contributed by atoms with Crippen LogP contribution in [0.25, 0.3) is 0 Å². The second-order valence-corrected chi connectivity index (χ2v) is 8.44. The van der Waals surface area contributed by atoms with Crippen molar-refractivity contribution in [2.75, 3.05) is 40.3 Å². The van der Waals surface area contributed by atoms with Gasteiger partial charge in [0.2, 0.25) is 0 Å². The third-order valence-corrected chi connectivity index (χ3v) is 6.23. The van der Waals surface area contributed by atoms with Crippen LogP contribution in [0.1, 0.15) is 43.7 Å². The lowest BCUT2D eigenvalue weighted by molar-refractivity contribution is -0.146. The van der Waals surface area contributed by atoms with E-state index in [0.29, 0.717) is 0 Å². The molecule has 3 rings (SSSR count). The van der Waals surface area contributed by atoms with Gasteiger partial charge in [0, 0.05) is 39.8 Å². The molecule has 2 heterocycles. The van der Waals surface area contributed by atoms with Gasteiger partial charge in [-0.3, -0.25) is 14.7 Å². The SMILES string of the molecule is CN=C(NCc1ccccc1CN1CCCC(C)C1)N1CCC(C(=O)OC)CC1. The van der Waals surface area contributed by atoms with Crippen molar-refractivity contribution < 1.29 is 9.53 Å². The van der Waals surface area contributed by atoms with Crippen LogP contribution in [-0.2, 0) is 22.6 Å². The summed E-state index contributed by atoms with van der Waals surface area (Å²) in [5.74, 6) is 1.63. The van der Waals surface area contributed by atoms with E-state index in [0.717, 1.165) is 50.9 Å². The Morgan fingerprint density at radius 3 is 2.55 bits per heavy atom. The molecule has 29 heavy (non-hydrogen) atoms. The lowest BCUT2D eigenvalue weighted by Gasteiger charge is -2.33. The largest absolute Gasteiger partial charge is 0.469 e. The Labute approximate surface area is 175 Å². The number of nitrogens with one attached hydrogen (secondary N) is 1. The molecule has 1 aromatic carbocycles. The number of guanidine groups is 1. The Bertz CT molecular complexity index is 698. The van der Waals surface area contributed by atoms with E-state index in [4.69, 9.17) is 4.74 Å². The molecule has 1 unspecified atom stereocenters. The van der Waals surface area contributed by atoms with E-state index in [9.17, 15) is 4.79 Å². The molecule has 0 aromatic heterocycles. The third-order valence-electron chi connectivity index (χ3n) is 6.23. The highest BCUT2D eigenvalue weighted by molar-refractivity contribution is 5.80. The van der Waals surface area contributed by atoms with Crippen molar-refractivity contribution >= 4 is 11.9 Å². The number of esters is 1. The fraction of sp³-hybridized carbons (Fsp3) is 0.652. The molecule has 0 spiro atoms. The molecule has 2 saturated heterocycles. The van der Waals surface area contributed by atoms with Crippen LogP contribution in [0.5, 0.6) is 0 Å². The number of carbonyl (C=O) groups excluding carboxylic acids is 1. The fourth-order valence-corrected chi connectivity index (χ4v) is 4.56. The molecule has 1 N–H and O–H groups in total. The molecule has 0 saturated carbocycles. The summed E-state index contributed by atoms with van der Waals surface area (Å²) in [6.07, 6.45) is 4.28. The zero-order valence-electron chi connectivity index (χ0n) is 18.2. The first kappa shape index (κ1) is 21.6. The molecule has 6 nitrogen and oxygen atoms in total. The quantitative estimate of drug-likeness (QED) is 0.468. The molecule has 2 aliphatic rings. The number of carbonyl (C=O) groups is 1. The maximum atomic E-state index is 11.8. The number of rotatable bonds is 5. The van der Waals surface area contributed by atoms with Crippen molar-refractivity contribution in [1.82, 2.24) is 15.1 Å². The number of aliphatic imine (C=N–C) groups is 1. The van der Waals surface area contributed by atoms with E-state index < -0.39 is 0 Å². The van der Waals surface area contributed by atoms with E-state index in [-0.39, 0.29) is 11.9 Å². The first-order chi connectivity index (χ1) is 14.1. The van der Waals surface area contributed by atoms with Gasteiger partial charge >= 0.3 is 5.97 Å². The average molecular weight is 401 g/mol. The fourth-order valence-electron chi connectivity index (χ4n) is 4.56. The lowest BCUT2D eigenvalue weighted by Crippen LogP contribution is -2.46. The summed E-state index contributed by atoms with van der Waals surface area (Å²) in [4.78, 5) is 21.1. The van der Waals surface area contributed by atoms with Crippen LogP contribution in [0, 0.1) is 11.8 Å². The summed E-state index contributed by atoms with van der Waals surface area (Å²) >= 11 is 0. The summed E-state index contributed by atoms with van der Waals surface area (Å²) in [6.45, 7) is 8.18. The van der Waals surface area contributed by atoms with Crippen LogP contribution < -0.4 is 5.32 Å². The zero-order valence-corrected chi connectivity index (χ0v) is 18.2. The minimum atomic E-state index is -0.0893. The number of hydrogen-bond donors (Lipinski definition) is 1. The molecule has 0 aliphatic carbocycles. The van der Waals surface area contributed by atoms with Gasteiger partial charge in [0.1, 0.15) is 0 Å². The number of ether oxygens (including phenoxy) is 1. The molecular weight excluding hydrogens is 364 g/mol. The molecule has 160 valence electrons. The van der Waals surface area contributed by atoms with Crippen molar-refractivity contribution in [2.45, 2.75) is 45.7 Å². The maximum Gasteiger partial charge on any atom is 0.308 e. The van der Waals surface area contributed by atoms with Crippen LogP contribution in [0.3, 0.4) is 0 Å². The van der Waals surface area contributed by atoms with Crippen LogP contribution in [0.2, 0.25) is 0 Å². The summed E-state index contributed by atoms with van der Waals surface area (Å²) in [6, 6.07) is 8.72. The van der Waals surface area contributed by atoms with E-state index in [1.807, 2.05) is 7.05 Å². The molecule has 0 amide bonds. The Hall–Kier alpha value is -2.08. The summed E-state index contributed by atoms with van der Waals surface area (Å²) in [7, 11) is 3.30. The minimum absolute atomic E-state index is 0.0158. The smallest absolute Gasteiger partial charge is 0.308 e. The first-order valence-corrected chi connectivity index (χ1v) is 10.9. The number of hydrogen-bond acceptors (Lipinski definition) is 4. The Morgan fingerprint density at radius 1 is 1.17 bits per heavy atom. The van der Waals surface area contributed by atoms with Gasteiger partial charge in [-0.05, 0) is 49.3 Å². The molecule has 2 aliphatic heterocycles. The van der Waals surface area contributed by atoms with E-state index in [1.54, 1.807) is 0 Å². The van der Waals surface area contributed by atoms with Crippen molar-refractivity contribution in [2.24, 2.45) is 16.8 Å². The van der Waals surface area contributed by atoms with Gasteiger partial charge in [0.25, 0.3) is 0 Å². The first-order valence-electron chi connectivity index (χ1n) is 10.9. The monoisotopic (exact) mass is 400 g/mol. The van der Waals surface area contributed by atoms with Crippen molar-refractivity contribution in [3.63, 3.8) is 0 Å². The Kier molecular flexibility index (Phi) is 7.92. The van der Waals surface area contributed by atoms with E-state index in [2.05, 4.69) is 51.3 Å². The normalized spacial score (nSPS) is 21.8. The second kappa shape index (κ2) is 10.6. The highest BCUT2D eigenvalue weighted by Gasteiger charge is 2.27. The van der Waals surface area contributed by atoms with E-state index >= 15 is 0 Å². The predicted octanol–water partition coefficient (Wildman–Crippen LogP) is 2.88. The molecule has 1 aromatic rings. The van der Waals surface area contributed by atoms with Crippen LogP contribution >= 0.6 is 0 Å². The number of methoxy groups -OCH3 is 1. The van der Waals surface area contributed by atoms with E-state index in [1.165, 1.54) is 44.2 Å². The number of benzene rings is 1. The van der Waals surface area contributed by atoms with Crippen LogP contribution in [0.4, 0.5) is 0 Å². The topological polar surface area (TPSA) is 57.2 Å². The van der Waals surface area contributed by atoms with Gasteiger partial charge in [-0.25, -0.2) is 0 Å². The highest BCUT2D eigenvalue weighted by atomic mass is 16.5. The molecule has 6 heteroatoms. The molecule has 2 fully saturated rings. The Balaban J connectivity index is 1.55. The van der Waals surface area contributed by atoms with Crippen molar-refractivity contribution in [3.05, 3.63) is 35.4 Å². The maximum absolute atomic E-state index is 11.8. The number of nitrogens with zero attached hydrogens (tertiary/aromatic N) is 3. The van der Waals surface area contributed by atoms with Gasteiger partial charge in [0.15, 0.2) is 5.96 Å². The van der Waals surface area contributed by atoms with Gasteiger partial charge in [-0.2, -0.15) is 0 Å². The van der Waals surface area contributed by atoms with Gasteiger partial charge < -0.3 is 15.0 Å². The summed E-state index contributed by atoms with van der Waals surface area (Å²) in [5, 5.41) is 3.54. The predicted molar refractivity (Wildman–Crippen MR) is 117 cm³/mol. The van der Waals surface area contributed by atoms with Crippen molar-refractivity contribution in [3.8, 4) is 0 Å². The van der Waals surface area contributed by atoms with Crippen LogP contribution in [0.15, 0.2) is 29.3 Å². The van der Waals surface area contributed by atoms with Crippen molar-refractivity contribution in [1.29, 1.82) is 0 Å². The van der Waals surface area contributed by atoms with Gasteiger partial charge in [-0.1, -0.05) is 31.2 Å². The standard InChI is InChI=1S/C23H36N4O2/c1-18-7-6-12-26(16-18)17-21-9-5-4-8-20(21)15-25-23(24-2)27-13-10-19(11-14-27)22(28)29-3/h4-5,8-9,18-19H,6-7,10-17H2,1-3H3,(H,24,25). The summed E-state index contributed by atoms with van der Waals surface area (Å²) < 4.78 is 4.89. The lowest BCUT2D eigenvalue weighted by atomic mass is 9.97. The summed E-state index contributed by atoms with van der Waals surface area (Å²) in [5.41, 5.74) is 2.73. The minimum Gasteiger partial charge on any atom is -0.469 e. The second-order valence-electron chi connectivity index (χ2n) is 8.44. The molecule has 0 radical (unpaired) electrons. The van der Waals surface area contributed by atoms with Crippen LogP contribution in [-0.4, -0.2) is 62.1 Å². The number of likely N-dealkylation sites (tertiary alicyclic amines) is 2.